The first-order valence-electron chi connectivity index (χ1n) is 10.6. The highest BCUT2D eigenvalue weighted by Crippen LogP contribution is 2.38. The molecule has 2 amide bonds. The Morgan fingerprint density at radius 2 is 2.00 bits per heavy atom. The van der Waals surface area contributed by atoms with Gasteiger partial charge in [0, 0.05) is 24.7 Å². The van der Waals surface area contributed by atoms with Crippen LogP contribution in [0, 0.1) is 17.3 Å². The summed E-state index contributed by atoms with van der Waals surface area (Å²) in [7, 11) is 0. The maximum absolute atomic E-state index is 13.0. The molecule has 0 aromatic heterocycles. The lowest BCUT2D eigenvalue weighted by molar-refractivity contribution is -0.127. The lowest BCUT2D eigenvalue weighted by Gasteiger charge is -2.29. The van der Waals surface area contributed by atoms with Gasteiger partial charge in [0.25, 0.3) is 0 Å². The predicted molar refractivity (Wildman–Crippen MR) is 113 cm³/mol. The van der Waals surface area contributed by atoms with Crippen LogP contribution in [0.2, 0.25) is 0 Å². The van der Waals surface area contributed by atoms with Crippen LogP contribution in [0.3, 0.4) is 0 Å². The number of nitrogens with one attached hydrogen (secondary N) is 1. The maximum atomic E-state index is 13.0. The molecule has 28 heavy (non-hydrogen) atoms. The van der Waals surface area contributed by atoms with E-state index < -0.39 is 5.41 Å². The van der Waals surface area contributed by atoms with Gasteiger partial charge in [-0.1, -0.05) is 39.5 Å². The molecule has 1 aromatic rings. The first-order chi connectivity index (χ1) is 13.3. The minimum Gasteiger partial charge on any atom is -0.490 e. The molecule has 1 fully saturated rings. The van der Waals surface area contributed by atoms with Gasteiger partial charge in [-0.2, -0.15) is 0 Å². The molecule has 0 bridgehead atoms. The Balaban J connectivity index is 1.72. The zero-order valence-electron chi connectivity index (χ0n) is 17.7. The Bertz CT molecular complexity index is 721. The molecule has 0 saturated heterocycles. The normalized spacial score (nSPS) is 19.3. The zero-order valence-corrected chi connectivity index (χ0v) is 17.7. The number of carbonyl (C=O) groups is 2. The van der Waals surface area contributed by atoms with Gasteiger partial charge in [-0.05, 0) is 44.2 Å². The van der Waals surface area contributed by atoms with Crippen LogP contribution in [-0.4, -0.2) is 25.0 Å². The number of anilines is 2. The topological polar surface area (TPSA) is 58.6 Å². The van der Waals surface area contributed by atoms with Crippen molar-refractivity contribution < 1.29 is 14.3 Å². The second kappa shape index (κ2) is 8.54. The molecule has 0 unspecified atom stereocenters. The molecule has 1 heterocycles. The van der Waals surface area contributed by atoms with Gasteiger partial charge in [0.05, 0.1) is 11.1 Å². The Morgan fingerprint density at radius 3 is 2.68 bits per heavy atom. The number of hydrogen-bond donors (Lipinski definition) is 1. The molecular formula is C23H34N2O3. The summed E-state index contributed by atoms with van der Waals surface area (Å²) in [4.78, 5) is 27.2. The fraction of sp³-hybridized carbons (Fsp3) is 0.652. The van der Waals surface area contributed by atoms with Crippen molar-refractivity contribution in [3.63, 3.8) is 0 Å². The van der Waals surface area contributed by atoms with E-state index in [1.54, 1.807) is 0 Å². The fourth-order valence-electron chi connectivity index (χ4n) is 4.13. The third-order valence-corrected chi connectivity index (χ3v) is 5.75. The van der Waals surface area contributed by atoms with Crippen LogP contribution in [-0.2, 0) is 9.59 Å². The summed E-state index contributed by atoms with van der Waals surface area (Å²) in [5, 5.41) is 3.00. The third kappa shape index (κ3) is 4.86. The molecule has 3 rings (SSSR count). The summed E-state index contributed by atoms with van der Waals surface area (Å²) in [6, 6.07) is 5.61. The summed E-state index contributed by atoms with van der Waals surface area (Å²) in [6.07, 6.45) is 6.66. The summed E-state index contributed by atoms with van der Waals surface area (Å²) < 4.78 is 6.00. The number of benzene rings is 1. The molecular weight excluding hydrogens is 352 g/mol. The van der Waals surface area contributed by atoms with Crippen LogP contribution in [0.15, 0.2) is 18.2 Å². The van der Waals surface area contributed by atoms with Crippen molar-refractivity contribution in [1.82, 2.24) is 0 Å². The summed E-state index contributed by atoms with van der Waals surface area (Å²) in [5.41, 5.74) is 0.929. The average Bonchev–Trinajstić information content (AvgIpc) is 3.13. The van der Waals surface area contributed by atoms with Crippen LogP contribution in [0.25, 0.3) is 0 Å². The maximum Gasteiger partial charge on any atom is 0.236 e. The van der Waals surface area contributed by atoms with E-state index in [1.807, 2.05) is 36.9 Å². The standard InChI is InChI=1S/C23H34N2O3/c1-16(2)14-25-19-11-10-18(13-20(19)28-15-23(3,4)22(25)27)24-21(26)12-9-17-7-5-6-8-17/h10-11,13,16-17H,5-9,12,14-15H2,1-4H3,(H,24,26). The van der Waals surface area contributed by atoms with Crippen LogP contribution in [0.1, 0.15) is 66.2 Å². The van der Waals surface area contributed by atoms with E-state index in [1.165, 1.54) is 25.7 Å². The van der Waals surface area contributed by atoms with Crippen molar-refractivity contribution in [3.05, 3.63) is 18.2 Å². The lowest BCUT2D eigenvalue weighted by Crippen LogP contribution is -2.43. The van der Waals surface area contributed by atoms with E-state index in [0.29, 0.717) is 37.2 Å². The Labute approximate surface area is 168 Å². The van der Waals surface area contributed by atoms with Crippen molar-refractivity contribution in [2.45, 2.75) is 66.2 Å². The largest absolute Gasteiger partial charge is 0.490 e. The number of carbonyl (C=O) groups excluding carboxylic acids is 2. The third-order valence-electron chi connectivity index (χ3n) is 5.75. The second-order valence-electron chi connectivity index (χ2n) is 9.40. The van der Waals surface area contributed by atoms with Gasteiger partial charge in [0.1, 0.15) is 12.4 Å². The molecule has 1 saturated carbocycles. The number of fused-ring (bicyclic) bond motifs is 1. The molecule has 1 N–H and O–H groups in total. The molecule has 1 aromatic carbocycles. The van der Waals surface area contributed by atoms with E-state index >= 15 is 0 Å². The minimum atomic E-state index is -0.585. The highest BCUT2D eigenvalue weighted by molar-refractivity contribution is 6.00. The zero-order chi connectivity index (χ0) is 20.3. The highest BCUT2D eigenvalue weighted by atomic mass is 16.5. The van der Waals surface area contributed by atoms with Gasteiger partial charge < -0.3 is 15.0 Å². The molecule has 5 nitrogen and oxygen atoms in total. The second-order valence-corrected chi connectivity index (χ2v) is 9.40. The van der Waals surface area contributed by atoms with Crippen molar-refractivity contribution >= 4 is 23.2 Å². The Kier molecular flexibility index (Phi) is 6.31. The van der Waals surface area contributed by atoms with Gasteiger partial charge in [-0.15, -0.1) is 0 Å². The Hall–Kier alpha value is -2.04. The number of hydrogen-bond acceptors (Lipinski definition) is 3. The summed E-state index contributed by atoms with van der Waals surface area (Å²) in [6.45, 7) is 9.01. The quantitative estimate of drug-likeness (QED) is 0.748. The van der Waals surface area contributed by atoms with E-state index in [9.17, 15) is 9.59 Å². The van der Waals surface area contributed by atoms with E-state index in [4.69, 9.17) is 4.74 Å². The first-order valence-corrected chi connectivity index (χ1v) is 10.6. The average molecular weight is 387 g/mol. The van der Waals surface area contributed by atoms with E-state index in [-0.39, 0.29) is 11.8 Å². The number of ether oxygens (including phenoxy) is 1. The highest BCUT2D eigenvalue weighted by Gasteiger charge is 2.38. The van der Waals surface area contributed by atoms with Crippen LogP contribution >= 0.6 is 0 Å². The number of rotatable bonds is 6. The van der Waals surface area contributed by atoms with Crippen LogP contribution in [0.4, 0.5) is 11.4 Å². The van der Waals surface area contributed by atoms with Crippen molar-refractivity contribution in [2.24, 2.45) is 17.3 Å². The predicted octanol–water partition coefficient (Wildman–Crippen LogP) is 5.00. The molecule has 2 aliphatic rings. The van der Waals surface area contributed by atoms with Gasteiger partial charge in [0.2, 0.25) is 11.8 Å². The van der Waals surface area contributed by atoms with Crippen molar-refractivity contribution in [1.29, 1.82) is 0 Å². The van der Waals surface area contributed by atoms with Crippen LogP contribution < -0.4 is 15.0 Å². The molecule has 1 aliphatic carbocycles. The molecule has 154 valence electrons. The number of amides is 2. The van der Waals surface area contributed by atoms with Gasteiger partial charge in [-0.3, -0.25) is 9.59 Å². The smallest absolute Gasteiger partial charge is 0.236 e. The minimum absolute atomic E-state index is 0.0518. The molecule has 1 aliphatic heterocycles. The summed E-state index contributed by atoms with van der Waals surface area (Å²) in [5.74, 6) is 1.84. The van der Waals surface area contributed by atoms with Crippen molar-refractivity contribution in [3.8, 4) is 5.75 Å². The number of nitrogens with zero attached hydrogens (tertiary/aromatic N) is 1. The monoisotopic (exact) mass is 386 g/mol. The van der Waals surface area contributed by atoms with Crippen LogP contribution in [0.5, 0.6) is 5.75 Å². The Morgan fingerprint density at radius 1 is 1.29 bits per heavy atom. The SMILES string of the molecule is CC(C)CN1C(=O)C(C)(C)COc2cc(NC(=O)CCC3CCCC3)ccc21. The summed E-state index contributed by atoms with van der Waals surface area (Å²) >= 11 is 0. The molecule has 5 heteroatoms. The molecule has 0 radical (unpaired) electrons. The van der Waals surface area contributed by atoms with Crippen molar-refractivity contribution in [2.75, 3.05) is 23.4 Å². The van der Waals surface area contributed by atoms with Gasteiger partial charge in [0.15, 0.2) is 0 Å². The molecule has 0 spiro atoms. The van der Waals surface area contributed by atoms with E-state index in [0.717, 1.165) is 17.8 Å². The van der Waals surface area contributed by atoms with Gasteiger partial charge >= 0.3 is 0 Å². The van der Waals surface area contributed by atoms with Gasteiger partial charge in [-0.25, -0.2) is 0 Å². The molecule has 0 atom stereocenters. The lowest BCUT2D eigenvalue weighted by atomic mass is 9.92. The van der Waals surface area contributed by atoms with E-state index in [2.05, 4.69) is 19.2 Å². The fourth-order valence-corrected chi connectivity index (χ4v) is 4.13. The first kappa shape index (κ1) is 20.7.